The van der Waals surface area contributed by atoms with Crippen molar-refractivity contribution in [3.63, 3.8) is 0 Å². The van der Waals surface area contributed by atoms with Gasteiger partial charge in [0.25, 0.3) is 12.4 Å². The van der Waals surface area contributed by atoms with Crippen LogP contribution in [0.1, 0.15) is 47.2 Å². The number of hydrogen-bond acceptors (Lipinski definition) is 22. The number of anilines is 1. The number of carbonyl (C=O) groups excluding carboxylic acids is 4. The van der Waals surface area contributed by atoms with E-state index in [1.165, 1.54) is 63.8 Å². The summed E-state index contributed by atoms with van der Waals surface area (Å²) in [4.78, 5) is 75.9. The van der Waals surface area contributed by atoms with Crippen molar-refractivity contribution in [3.05, 3.63) is 115 Å². The summed E-state index contributed by atoms with van der Waals surface area (Å²) < 4.78 is 18.1. The van der Waals surface area contributed by atoms with Crippen molar-refractivity contribution < 1.29 is 33.4 Å². The second-order valence-electron chi connectivity index (χ2n) is 13.9. The summed E-state index contributed by atoms with van der Waals surface area (Å²) in [5, 5.41) is 15.0. The van der Waals surface area contributed by atoms with E-state index in [-0.39, 0.29) is 33.6 Å². The van der Waals surface area contributed by atoms with E-state index >= 15 is 0 Å². The average Bonchev–Trinajstić information content (AvgIpc) is 4.22. The van der Waals surface area contributed by atoms with Gasteiger partial charge in [-0.2, -0.15) is 0 Å². The number of rotatable bonds is 4. The standard InChI is InChI=1S/C8H7NO2S.C7H4Cl2N2S.C7H3ClN2O2S.C7H5ClN2OS.C7H5ClN2S.C7H9NO2S/c1-4-3-12-7-5(4)2-6(10)9-8(7)11;1-3-2-12-5-4(3)10-7(9)11-6(5)8;8-7-9-1-5-6(10-7)4(2-13-5)12-3-11;1-11-4-3-12-5-2-9-7(8)10-6(4)5;1-4-3-11-5-2-9-7(8)10-6(4)5;1-4-3-11-6(5(4)8)7(9)10-2/h3H,2H2,1H3,(H,9,10,11);2H,1H3;1-3H;2-3H,1H3;2-3H,1H3;3H,8H2,1-2H3. The van der Waals surface area contributed by atoms with Crippen LogP contribution >= 0.6 is 126 Å². The number of halogens is 5. The Bertz CT molecular complexity index is 3540. The summed E-state index contributed by atoms with van der Waals surface area (Å²) in [6, 6.07) is 0. The van der Waals surface area contributed by atoms with Crippen molar-refractivity contribution in [2.75, 3.05) is 20.0 Å². The van der Waals surface area contributed by atoms with E-state index in [1.54, 1.807) is 42.4 Å². The minimum absolute atomic E-state index is 0.140. The molecule has 0 saturated carbocycles. The van der Waals surface area contributed by atoms with E-state index in [9.17, 15) is 19.2 Å². The number of hydrogen-bond donors (Lipinski definition) is 2. The fourth-order valence-electron chi connectivity index (χ4n) is 5.72. The number of aryl methyl sites for hydroxylation is 4. The molecule has 0 saturated heterocycles. The highest BCUT2D eigenvalue weighted by atomic mass is 35.5. The molecule has 17 nitrogen and oxygen atoms in total. The Hall–Kier alpha value is -5.31. The number of carbonyl (C=O) groups is 4. The Morgan fingerprint density at radius 2 is 1.14 bits per heavy atom. The maximum atomic E-state index is 11.2. The zero-order valence-electron chi connectivity index (χ0n) is 37.3. The molecule has 0 fully saturated rings. The Labute approximate surface area is 451 Å². The average molecular weight is 1170 g/mol. The van der Waals surface area contributed by atoms with E-state index in [0.717, 1.165) is 68.9 Å². The SMILES string of the molecule is COC(=O)c1scc(C)c1N.COc1csc2cnc(Cl)nc12.Cc1csc2c(Cl)nc(Cl)nc12.Cc1csc2c1CC(=O)NC2=O.Cc1csc2cnc(Cl)nc12.O=COc1csc2cnc(Cl)nc12. The number of nitrogens with one attached hydrogen (secondary N) is 1. The predicted molar refractivity (Wildman–Crippen MR) is 287 cm³/mol. The second kappa shape index (κ2) is 25.4. The molecule has 0 atom stereocenters. The van der Waals surface area contributed by atoms with E-state index < -0.39 is 0 Å². The molecule has 11 heterocycles. The molecule has 28 heteroatoms. The molecule has 368 valence electrons. The second-order valence-corrected chi connectivity index (χ2v) is 21.0. The minimum Gasteiger partial charge on any atom is -0.494 e. The zero-order chi connectivity index (χ0) is 51.5. The summed E-state index contributed by atoms with van der Waals surface area (Å²) >= 11 is 37.2. The van der Waals surface area contributed by atoms with Crippen molar-refractivity contribution in [3.8, 4) is 11.5 Å². The maximum absolute atomic E-state index is 11.2. The van der Waals surface area contributed by atoms with Crippen LogP contribution in [-0.2, 0) is 20.7 Å². The van der Waals surface area contributed by atoms with E-state index in [2.05, 4.69) is 55.3 Å². The van der Waals surface area contributed by atoms with Crippen LogP contribution in [0.3, 0.4) is 0 Å². The molecule has 0 aromatic carbocycles. The lowest BCUT2D eigenvalue weighted by molar-refractivity contribution is -0.121. The molecular weight excluding hydrogens is 1140 g/mol. The molecule has 11 rings (SSSR count). The van der Waals surface area contributed by atoms with Gasteiger partial charge < -0.3 is 19.9 Å². The van der Waals surface area contributed by atoms with Gasteiger partial charge in [-0.3, -0.25) is 19.7 Å². The first-order valence-corrected chi connectivity index (χ1v) is 26.8. The van der Waals surface area contributed by atoms with Crippen LogP contribution in [0.4, 0.5) is 5.69 Å². The number of methoxy groups -OCH3 is 2. The molecule has 0 aliphatic carbocycles. The highest BCUT2D eigenvalue weighted by Crippen LogP contribution is 2.33. The molecule has 10 aromatic heterocycles. The molecule has 0 unspecified atom stereocenters. The fraction of sp³-hybridized carbons (Fsp3) is 0.163. The predicted octanol–water partition coefficient (Wildman–Crippen LogP) is 12.5. The van der Waals surface area contributed by atoms with Gasteiger partial charge in [0.15, 0.2) is 16.7 Å². The van der Waals surface area contributed by atoms with E-state index in [0.29, 0.717) is 50.0 Å². The van der Waals surface area contributed by atoms with Gasteiger partial charge in [-0.15, -0.1) is 68.0 Å². The van der Waals surface area contributed by atoms with Crippen molar-refractivity contribution in [1.82, 2.24) is 45.2 Å². The highest BCUT2D eigenvalue weighted by Gasteiger charge is 2.25. The molecule has 0 bridgehead atoms. The summed E-state index contributed by atoms with van der Waals surface area (Å²) in [6.45, 7) is 8.12. The monoisotopic (exact) mass is 1170 g/mol. The highest BCUT2D eigenvalue weighted by molar-refractivity contribution is 7.18. The van der Waals surface area contributed by atoms with Gasteiger partial charge in [0.05, 0.1) is 61.0 Å². The third-order valence-electron chi connectivity index (χ3n) is 9.18. The number of imide groups is 1. The van der Waals surface area contributed by atoms with E-state index in [4.69, 9.17) is 73.2 Å². The number of ether oxygens (including phenoxy) is 3. The van der Waals surface area contributed by atoms with Crippen LogP contribution in [-0.4, -0.2) is 78.3 Å². The molecule has 3 N–H and O–H groups in total. The lowest BCUT2D eigenvalue weighted by Crippen LogP contribution is -2.36. The fourth-order valence-corrected chi connectivity index (χ4v) is 11.8. The zero-order valence-corrected chi connectivity index (χ0v) is 46.0. The normalized spacial score (nSPS) is 11.3. The van der Waals surface area contributed by atoms with Crippen LogP contribution in [0.2, 0.25) is 26.3 Å². The molecule has 71 heavy (non-hydrogen) atoms. The molecule has 1 aliphatic rings. The van der Waals surface area contributed by atoms with Gasteiger partial charge in [0.2, 0.25) is 27.0 Å². The molecule has 10 aromatic rings. The maximum Gasteiger partial charge on any atom is 0.350 e. The summed E-state index contributed by atoms with van der Waals surface area (Å²) in [5.74, 6) is 0.354. The first-order chi connectivity index (χ1) is 33.9. The first-order valence-electron chi connectivity index (χ1n) is 19.6. The van der Waals surface area contributed by atoms with Crippen molar-refractivity contribution in [1.29, 1.82) is 0 Å². The van der Waals surface area contributed by atoms with Crippen molar-refractivity contribution in [2.45, 2.75) is 34.1 Å². The number of aromatic nitrogens is 8. The van der Waals surface area contributed by atoms with Gasteiger partial charge in [-0.05, 0) is 123 Å². The largest absolute Gasteiger partial charge is 0.494 e. The van der Waals surface area contributed by atoms with Crippen LogP contribution < -0.4 is 20.5 Å². The van der Waals surface area contributed by atoms with Crippen LogP contribution in [0, 0.1) is 27.7 Å². The Morgan fingerprint density at radius 3 is 1.72 bits per heavy atom. The summed E-state index contributed by atoms with van der Waals surface area (Å²) in [6.07, 6.45) is 5.38. The number of thiophene rings is 6. The minimum atomic E-state index is -0.361. The molecule has 2 amide bonds. The van der Waals surface area contributed by atoms with Gasteiger partial charge in [0.1, 0.15) is 15.9 Å². The molecule has 0 radical (unpaired) electrons. The number of nitrogens with zero attached hydrogens (tertiary/aromatic N) is 8. The summed E-state index contributed by atoms with van der Waals surface area (Å²) in [5.41, 5.74) is 14.4. The number of nitrogen functional groups attached to an aromatic ring is 1. The van der Waals surface area contributed by atoms with Gasteiger partial charge in [-0.1, -0.05) is 11.6 Å². The third-order valence-corrected chi connectivity index (χ3v) is 16.4. The Morgan fingerprint density at radius 1 is 0.634 bits per heavy atom. The quantitative estimate of drug-likeness (QED) is 0.0548. The topological polar surface area (TPSA) is 237 Å². The lowest BCUT2D eigenvalue weighted by Gasteiger charge is -2.10. The van der Waals surface area contributed by atoms with Gasteiger partial charge in [0, 0.05) is 29.4 Å². The molecular formula is C43H33Cl5N10O7S6. The van der Waals surface area contributed by atoms with Crippen molar-refractivity contribution in [2.24, 2.45) is 0 Å². The van der Waals surface area contributed by atoms with Crippen LogP contribution in [0.25, 0.3) is 40.9 Å². The third kappa shape index (κ3) is 14.0. The molecule has 1 aliphatic heterocycles. The lowest BCUT2D eigenvalue weighted by atomic mass is 10.1. The van der Waals surface area contributed by atoms with Crippen LogP contribution in [0.15, 0.2) is 50.9 Å². The van der Waals surface area contributed by atoms with Crippen LogP contribution in [0.5, 0.6) is 11.5 Å². The number of nitrogens with two attached hydrogens (primary N) is 1. The molecule has 0 spiro atoms. The van der Waals surface area contributed by atoms with E-state index in [1.807, 2.05) is 49.2 Å². The van der Waals surface area contributed by atoms with Gasteiger partial charge in [-0.25, -0.2) is 44.7 Å². The number of amides is 2. The van der Waals surface area contributed by atoms with Gasteiger partial charge >= 0.3 is 5.97 Å². The summed E-state index contributed by atoms with van der Waals surface area (Å²) in [7, 11) is 2.95. The van der Waals surface area contributed by atoms with Crippen molar-refractivity contribution >= 4 is 197 Å². The Kier molecular flexibility index (Phi) is 19.7. The number of esters is 1. The Balaban J connectivity index is 0.000000140. The first kappa shape index (κ1) is 55.0. The smallest absolute Gasteiger partial charge is 0.350 e. The number of fused-ring (bicyclic) bond motifs is 5.